The number of aryl methyl sites for hydroxylation is 1. The SMILES string of the molecule is Cc1ccc(C2CCC(C)CN2C(=O)C(N)=O)cc1. The second-order valence-electron chi connectivity index (χ2n) is 5.43. The Balaban J connectivity index is 2.27. The highest BCUT2D eigenvalue weighted by atomic mass is 16.2. The second-order valence-corrected chi connectivity index (χ2v) is 5.43. The Labute approximate surface area is 113 Å². The van der Waals surface area contributed by atoms with Crippen LogP contribution in [-0.2, 0) is 9.59 Å². The number of rotatable bonds is 1. The molecule has 102 valence electrons. The quantitative estimate of drug-likeness (QED) is 0.782. The number of carbonyl (C=O) groups excluding carboxylic acids is 2. The summed E-state index contributed by atoms with van der Waals surface area (Å²) in [5.74, 6) is -1.03. The Hall–Kier alpha value is -1.84. The van der Waals surface area contributed by atoms with E-state index in [9.17, 15) is 9.59 Å². The first-order chi connectivity index (χ1) is 8.99. The van der Waals surface area contributed by atoms with Gasteiger partial charge in [0, 0.05) is 6.54 Å². The zero-order valence-corrected chi connectivity index (χ0v) is 11.4. The second kappa shape index (κ2) is 5.43. The van der Waals surface area contributed by atoms with E-state index in [1.807, 2.05) is 31.2 Å². The highest BCUT2D eigenvalue weighted by Crippen LogP contribution is 2.33. The lowest BCUT2D eigenvalue weighted by atomic mass is 9.89. The highest BCUT2D eigenvalue weighted by Gasteiger charge is 2.32. The van der Waals surface area contributed by atoms with Gasteiger partial charge in [-0.3, -0.25) is 9.59 Å². The minimum absolute atomic E-state index is 0.0307. The van der Waals surface area contributed by atoms with Crippen LogP contribution >= 0.6 is 0 Å². The summed E-state index contributed by atoms with van der Waals surface area (Å²) < 4.78 is 0. The monoisotopic (exact) mass is 260 g/mol. The third-order valence-corrected chi connectivity index (χ3v) is 3.75. The van der Waals surface area contributed by atoms with Crippen molar-refractivity contribution in [1.29, 1.82) is 0 Å². The van der Waals surface area contributed by atoms with Gasteiger partial charge in [-0.05, 0) is 31.2 Å². The van der Waals surface area contributed by atoms with E-state index in [-0.39, 0.29) is 6.04 Å². The molecular formula is C15H20N2O2. The largest absolute Gasteiger partial charge is 0.361 e. The molecule has 2 rings (SSSR count). The van der Waals surface area contributed by atoms with Gasteiger partial charge in [0.1, 0.15) is 0 Å². The molecule has 1 heterocycles. The molecule has 4 heteroatoms. The van der Waals surface area contributed by atoms with Crippen molar-refractivity contribution in [2.45, 2.75) is 32.7 Å². The molecule has 1 saturated heterocycles. The van der Waals surface area contributed by atoms with Gasteiger partial charge in [-0.2, -0.15) is 0 Å². The first kappa shape index (κ1) is 13.6. The number of carbonyl (C=O) groups is 2. The lowest BCUT2D eigenvalue weighted by Gasteiger charge is -2.38. The molecule has 0 aromatic heterocycles. The Morgan fingerprint density at radius 2 is 1.84 bits per heavy atom. The zero-order chi connectivity index (χ0) is 14.0. The number of hydrogen-bond donors (Lipinski definition) is 1. The molecule has 1 fully saturated rings. The summed E-state index contributed by atoms with van der Waals surface area (Å²) in [5.41, 5.74) is 7.40. The number of primary amides is 1. The van der Waals surface area contributed by atoms with E-state index in [0.717, 1.165) is 18.4 Å². The van der Waals surface area contributed by atoms with Crippen LogP contribution in [0.15, 0.2) is 24.3 Å². The van der Waals surface area contributed by atoms with Crippen molar-refractivity contribution in [3.05, 3.63) is 35.4 Å². The van der Waals surface area contributed by atoms with Gasteiger partial charge >= 0.3 is 11.8 Å². The van der Waals surface area contributed by atoms with Crippen molar-refractivity contribution in [3.63, 3.8) is 0 Å². The van der Waals surface area contributed by atoms with Crippen LogP contribution in [0.4, 0.5) is 0 Å². The van der Waals surface area contributed by atoms with E-state index < -0.39 is 11.8 Å². The molecule has 1 aromatic carbocycles. The lowest BCUT2D eigenvalue weighted by Crippen LogP contribution is -2.46. The predicted octanol–water partition coefficient (Wildman–Crippen LogP) is 1.78. The summed E-state index contributed by atoms with van der Waals surface area (Å²) in [7, 11) is 0. The van der Waals surface area contributed by atoms with Crippen LogP contribution in [-0.4, -0.2) is 23.3 Å². The number of piperidine rings is 1. The highest BCUT2D eigenvalue weighted by molar-refractivity contribution is 6.34. The first-order valence-electron chi connectivity index (χ1n) is 6.66. The average molecular weight is 260 g/mol. The number of amides is 2. The first-order valence-corrected chi connectivity index (χ1v) is 6.66. The fourth-order valence-corrected chi connectivity index (χ4v) is 2.65. The summed E-state index contributed by atoms with van der Waals surface area (Å²) in [4.78, 5) is 24.7. The van der Waals surface area contributed by atoms with E-state index in [1.165, 1.54) is 5.56 Å². The number of hydrogen-bond acceptors (Lipinski definition) is 2. The molecule has 0 spiro atoms. The minimum Gasteiger partial charge on any atom is -0.361 e. The van der Waals surface area contributed by atoms with E-state index in [0.29, 0.717) is 12.5 Å². The Kier molecular flexibility index (Phi) is 3.88. The van der Waals surface area contributed by atoms with Gasteiger partial charge in [0.05, 0.1) is 6.04 Å². The van der Waals surface area contributed by atoms with Crippen LogP contribution in [0.2, 0.25) is 0 Å². The van der Waals surface area contributed by atoms with Gasteiger partial charge in [0.25, 0.3) is 0 Å². The molecule has 2 amide bonds. The van der Waals surface area contributed by atoms with Crippen molar-refractivity contribution in [2.75, 3.05) is 6.54 Å². The average Bonchev–Trinajstić information content (AvgIpc) is 2.39. The standard InChI is InChI=1S/C15H20N2O2/c1-10-3-6-12(7-4-10)13-8-5-11(2)9-17(13)15(19)14(16)18/h3-4,6-7,11,13H,5,8-9H2,1-2H3,(H2,16,18). The summed E-state index contributed by atoms with van der Waals surface area (Å²) in [6, 6.07) is 8.08. The molecule has 1 aromatic rings. The molecule has 0 bridgehead atoms. The van der Waals surface area contributed by atoms with Crippen LogP contribution in [0.5, 0.6) is 0 Å². The molecule has 0 radical (unpaired) electrons. The summed E-state index contributed by atoms with van der Waals surface area (Å²) in [5, 5.41) is 0. The molecule has 4 nitrogen and oxygen atoms in total. The minimum atomic E-state index is -0.869. The van der Waals surface area contributed by atoms with Crippen molar-refractivity contribution >= 4 is 11.8 Å². The van der Waals surface area contributed by atoms with E-state index in [1.54, 1.807) is 4.90 Å². The third-order valence-electron chi connectivity index (χ3n) is 3.75. The van der Waals surface area contributed by atoms with Gasteiger partial charge in [-0.1, -0.05) is 36.8 Å². The zero-order valence-electron chi connectivity index (χ0n) is 11.4. The van der Waals surface area contributed by atoms with Crippen molar-refractivity contribution in [2.24, 2.45) is 11.7 Å². The van der Waals surface area contributed by atoms with Gasteiger partial charge < -0.3 is 10.6 Å². The normalized spacial score (nSPS) is 23.2. The number of nitrogens with two attached hydrogens (primary N) is 1. The molecule has 1 aliphatic rings. The Morgan fingerprint density at radius 3 is 2.42 bits per heavy atom. The molecule has 1 aliphatic heterocycles. The van der Waals surface area contributed by atoms with Crippen LogP contribution < -0.4 is 5.73 Å². The molecule has 2 unspecified atom stereocenters. The molecular weight excluding hydrogens is 240 g/mol. The fraction of sp³-hybridized carbons (Fsp3) is 0.467. The van der Waals surface area contributed by atoms with Crippen molar-refractivity contribution in [1.82, 2.24) is 4.90 Å². The molecule has 2 N–H and O–H groups in total. The van der Waals surface area contributed by atoms with Crippen LogP contribution in [0, 0.1) is 12.8 Å². The number of benzene rings is 1. The van der Waals surface area contributed by atoms with Gasteiger partial charge in [-0.15, -0.1) is 0 Å². The fourth-order valence-electron chi connectivity index (χ4n) is 2.65. The van der Waals surface area contributed by atoms with E-state index in [4.69, 9.17) is 5.73 Å². The van der Waals surface area contributed by atoms with Crippen molar-refractivity contribution in [3.8, 4) is 0 Å². The summed E-state index contributed by atoms with van der Waals surface area (Å²) in [6.07, 6.45) is 1.93. The maximum absolute atomic E-state index is 11.9. The third kappa shape index (κ3) is 2.95. The Morgan fingerprint density at radius 1 is 1.21 bits per heavy atom. The molecule has 0 aliphatic carbocycles. The van der Waals surface area contributed by atoms with Gasteiger partial charge in [0.2, 0.25) is 0 Å². The van der Waals surface area contributed by atoms with Gasteiger partial charge in [0.15, 0.2) is 0 Å². The smallest absolute Gasteiger partial charge is 0.312 e. The Bertz CT molecular complexity index is 481. The lowest BCUT2D eigenvalue weighted by molar-refractivity contribution is -0.147. The maximum Gasteiger partial charge on any atom is 0.312 e. The predicted molar refractivity (Wildman–Crippen MR) is 73.2 cm³/mol. The van der Waals surface area contributed by atoms with Crippen LogP contribution in [0.25, 0.3) is 0 Å². The molecule has 0 saturated carbocycles. The summed E-state index contributed by atoms with van der Waals surface area (Å²) in [6.45, 7) is 4.71. The van der Waals surface area contributed by atoms with Gasteiger partial charge in [-0.25, -0.2) is 0 Å². The summed E-state index contributed by atoms with van der Waals surface area (Å²) >= 11 is 0. The van der Waals surface area contributed by atoms with E-state index >= 15 is 0 Å². The topological polar surface area (TPSA) is 63.4 Å². The van der Waals surface area contributed by atoms with Crippen LogP contribution in [0.1, 0.15) is 36.9 Å². The maximum atomic E-state index is 11.9. The number of nitrogens with zero attached hydrogens (tertiary/aromatic N) is 1. The van der Waals surface area contributed by atoms with Crippen LogP contribution in [0.3, 0.4) is 0 Å². The molecule has 2 atom stereocenters. The molecule has 19 heavy (non-hydrogen) atoms. The number of likely N-dealkylation sites (tertiary alicyclic amines) is 1. The van der Waals surface area contributed by atoms with E-state index in [2.05, 4.69) is 6.92 Å². The van der Waals surface area contributed by atoms with Crippen molar-refractivity contribution < 1.29 is 9.59 Å².